The number of nitrogens with one attached hydrogen (secondary N) is 3. The maximum atomic E-state index is 12.8. The minimum absolute atomic E-state index is 0.0133. The van der Waals surface area contributed by atoms with E-state index in [0.29, 0.717) is 22.7 Å². The van der Waals surface area contributed by atoms with Gasteiger partial charge in [0, 0.05) is 16.9 Å². The van der Waals surface area contributed by atoms with E-state index in [2.05, 4.69) is 21.2 Å². The molecule has 0 aliphatic heterocycles. The molecule has 0 fully saturated rings. The lowest BCUT2D eigenvalue weighted by Crippen LogP contribution is -2.20. The molecule has 182 valence electrons. The molecular formula is C24H21F3N4O4. The monoisotopic (exact) mass is 486 g/mol. The average molecular weight is 486 g/mol. The highest BCUT2D eigenvalue weighted by atomic mass is 19.4. The van der Waals surface area contributed by atoms with E-state index >= 15 is 0 Å². The van der Waals surface area contributed by atoms with Crippen molar-refractivity contribution in [3.05, 3.63) is 83.4 Å². The van der Waals surface area contributed by atoms with Crippen molar-refractivity contribution in [3.8, 4) is 11.5 Å². The van der Waals surface area contributed by atoms with Gasteiger partial charge in [-0.2, -0.15) is 18.3 Å². The molecule has 0 saturated carbocycles. The predicted molar refractivity (Wildman–Crippen MR) is 125 cm³/mol. The molecule has 3 aromatic rings. The number of ether oxygens (including phenoxy) is 2. The number of hydrazone groups is 1. The summed E-state index contributed by atoms with van der Waals surface area (Å²) >= 11 is 0. The third-order valence-electron chi connectivity index (χ3n) is 4.64. The van der Waals surface area contributed by atoms with Crippen molar-refractivity contribution in [2.45, 2.75) is 6.18 Å². The molecule has 0 spiro atoms. The van der Waals surface area contributed by atoms with Gasteiger partial charge in [-0.05, 0) is 66.2 Å². The maximum Gasteiger partial charge on any atom is 0.416 e. The summed E-state index contributed by atoms with van der Waals surface area (Å²) in [5.74, 6) is 0.593. The Morgan fingerprint density at radius 3 is 2.20 bits per heavy atom. The molecule has 0 aromatic heterocycles. The molecule has 3 N–H and O–H groups in total. The summed E-state index contributed by atoms with van der Waals surface area (Å²) in [6, 6.07) is 14.5. The van der Waals surface area contributed by atoms with Crippen LogP contribution in [0.4, 0.5) is 29.3 Å². The lowest BCUT2D eigenvalue weighted by molar-refractivity contribution is -0.137. The van der Waals surface area contributed by atoms with Gasteiger partial charge in [0.05, 0.1) is 26.0 Å². The smallest absolute Gasteiger partial charge is 0.416 e. The van der Waals surface area contributed by atoms with Crippen LogP contribution in [0.1, 0.15) is 21.5 Å². The number of carbonyl (C=O) groups excluding carboxylic acids is 2. The first-order chi connectivity index (χ1) is 16.7. The highest BCUT2D eigenvalue weighted by molar-refractivity contribution is 6.00. The van der Waals surface area contributed by atoms with Gasteiger partial charge in [0.25, 0.3) is 5.91 Å². The second-order valence-electron chi connectivity index (χ2n) is 7.05. The van der Waals surface area contributed by atoms with Crippen LogP contribution in [0.5, 0.6) is 11.5 Å². The van der Waals surface area contributed by atoms with Gasteiger partial charge in [-0.1, -0.05) is 6.07 Å². The Hall–Kier alpha value is -4.54. The predicted octanol–water partition coefficient (Wildman–Crippen LogP) is 5.13. The van der Waals surface area contributed by atoms with E-state index in [0.717, 1.165) is 12.1 Å². The quantitative estimate of drug-likeness (QED) is 0.318. The van der Waals surface area contributed by atoms with Gasteiger partial charge < -0.3 is 20.1 Å². The van der Waals surface area contributed by atoms with E-state index in [9.17, 15) is 22.8 Å². The van der Waals surface area contributed by atoms with Gasteiger partial charge in [0.1, 0.15) is 0 Å². The minimum atomic E-state index is -4.52. The van der Waals surface area contributed by atoms with Gasteiger partial charge in [-0.25, -0.2) is 10.2 Å². The van der Waals surface area contributed by atoms with E-state index in [1.54, 1.807) is 18.2 Å². The zero-order valence-electron chi connectivity index (χ0n) is 18.6. The highest BCUT2D eigenvalue weighted by Crippen LogP contribution is 2.30. The molecule has 3 amide bonds. The molecule has 0 unspecified atom stereocenters. The van der Waals surface area contributed by atoms with E-state index in [1.165, 1.54) is 56.8 Å². The molecular weight excluding hydrogens is 465 g/mol. The number of alkyl halides is 3. The molecule has 0 aliphatic rings. The summed E-state index contributed by atoms with van der Waals surface area (Å²) in [4.78, 5) is 24.4. The Labute approximate surface area is 198 Å². The van der Waals surface area contributed by atoms with Crippen LogP contribution in [-0.4, -0.2) is 32.4 Å². The Morgan fingerprint density at radius 2 is 1.54 bits per heavy atom. The zero-order chi connectivity index (χ0) is 25.4. The molecule has 0 heterocycles. The lowest BCUT2D eigenvalue weighted by Gasteiger charge is -2.11. The molecule has 11 heteroatoms. The fraction of sp³-hybridized carbons (Fsp3) is 0.125. The molecule has 3 aromatic carbocycles. The number of methoxy groups -OCH3 is 2. The number of rotatable bonds is 7. The highest BCUT2D eigenvalue weighted by Gasteiger charge is 2.30. The molecule has 8 nitrogen and oxygen atoms in total. The Balaban J connectivity index is 1.55. The molecule has 0 saturated heterocycles. The van der Waals surface area contributed by atoms with Crippen LogP contribution in [-0.2, 0) is 6.18 Å². The maximum absolute atomic E-state index is 12.8. The first-order valence-electron chi connectivity index (χ1n) is 10.1. The van der Waals surface area contributed by atoms with Crippen LogP contribution in [0.15, 0.2) is 71.8 Å². The van der Waals surface area contributed by atoms with Crippen LogP contribution in [0.25, 0.3) is 0 Å². The van der Waals surface area contributed by atoms with Crippen molar-refractivity contribution in [3.63, 3.8) is 0 Å². The van der Waals surface area contributed by atoms with E-state index in [4.69, 9.17) is 9.47 Å². The Kier molecular flexibility index (Phi) is 7.92. The molecule has 0 atom stereocenters. The summed E-state index contributed by atoms with van der Waals surface area (Å²) in [7, 11) is 3.03. The van der Waals surface area contributed by atoms with E-state index in [-0.39, 0.29) is 11.3 Å². The Bertz CT molecular complexity index is 1230. The second kappa shape index (κ2) is 11.1. The first kappa shape index (κ1) is 25.1. The Morgan fingerprint density at radius 1 is 0.857 bits per heavy atom. The number of hydrogen-bond acceptors (Lipinski definition) is 5. The van der Waals surface area contributed by atoms with Crippen molar-refractivity contribution in [1.29, 1.82) is 0 Å². The summed E-state index contributed by atoms with van der Waals surface area (Å²) in [5, 5.41) is 8.73. The van der Waals surface area contributed by atoms with Gasteiger partial charge in [0.2, 0.25) is 0 Å². The number of benzene rings is 3. The molecule has 0 bridgehead atoms. The largest absolute Gasteiger partial charge is 0.493 e. The minimum Gasteiger partial charge on any atom is -0.493 e. The van der Waals surface area contributed by atoms with Crippen LogP contribution >= 0.6 is 0 Å². The number of carbonyl (C=O) groups is 2. The summed E-state index contributed by atoms with van der Waals surface area (Å²) < 4.78 is 48.8. The van der Waals surface area contributed by atoms with Crippen molar-refractivity contribution >= 4 is 29.5 Å². The number of amides is 3. The SMILES string of the molecule is COc1ccc(/C=N/NC(=O)c2ccc(NC(=O)Nc3cccc(C(F)(F)F)c3)cc2)cc1OC. The number of halogens is 3. The number of urea groups is 1. The standard InChI is InChI=1S/C24H21F3N4O4/c1-34-20-11-6-15(12-21(20)35-2)14-28-31-22(32)16-7-9-18(10-8-16)29-23(33)30-19-5-3-4-17(13-19)24(25,26)27/h3-14H,1-2H3,(H,31,32)(H2,29,30,33)/b28-14+. The zero-order valence-corrected chi connectivity index (χ0v) is 18.6. The molecule has 35 heavy (non-hydrogen) atoms. The second-order valence-corrected chi connectivity index (χ2v) is 7.05. The van der Waals surface area contributed by atoms with E-state index in [1.807, 2.05) is 0 Å². The van der Waals surface area contributed by atoms with Crippen molar-refractivity contribution in [2.75, 3.05) is 24.9 Å². The van der Waals surface area contributed by atoms with Crippen molar-refractivity contribution < 1.29 is 32.2 Å². The van der Waals surface area contributed by atoms with Crippen LogP contribution in [0.3, 0.4) is 0 Å². The van der Waals surface area contributed by atoms with Crippen LogP contribution in [0.2, 0.25) is 0 Å². The summed E-state index contributed by atoms with van der Waals surface area (Å²) in [6.45, 7) is 0. The molecule has 0 radical (unpaired) electrons. The van der Waals surface area contributed by atoms with Crippen molar-refractivity contribution in [1.82, 2.24) is 5.43 Å². The van der Waals surface area contributed by atoms with E-state index < -0.39 is 23.7 Å². The number of nitrogens with zero attached hydrogens (tertiary/aromatic N) is 1. The molecule has 0 aliphatic carbocycles. The first-order valence-corrected chi connectivity index (χ1v) is 10.1. The van der Waals surface area contributed by atoms with Crippen LogP contribution < -0.4 is 25.5 Å². The fourth-order valence-electron chi connectivity index (χ4n) is 2.93. The fourth-order valence-corrected chi connectivity index (χ4v) is 2.93. The summed E-state index contributed by atoms with van der Waals surface area (Å²) in [5.41, 5.74) is 2.79. The normalized spacial score (nSPS) is 11.1. The number of anilines is 2. The van der Waals surface area contributed by atoms with Crippen molar-refractivity contribution in [2.24, 2.45) is 5.10 Å². The van der Waals surface area contributed by atoms with Crippen LogP contribution in [0, 0.1) is 0 Å². The average Bonchev–Trinajstić information content (AvgIpc) is 2.83. The third-order valence-corrected chi connectivity index (χ3v) is 4.64. The third kappa shape index (κ3) is 6.97. The topological polar surface area (TPSA) is 101 Å². The number of hydrogen-bond donors (Lipinski definition) is 3. The lowest BCUT2D eigenvalue weighted by atomic mass is 10.2. The molecule has 3 rings (SSSR count). The summed E-state index contributed by atoms with van der Waals surface area (Å²) in [6.07, 6.45) is -3.08. The van der Waals surface area contributed by atoms with Gasteiger partial charge in [-0.3, -0.25) is 4.79 Å². The van der Waals surface area contributed by atoms with Gasteiger partial charge in [0.15, 0.2) is 11.5 Å². The van der Waals surface area contributed by atoms with Gasteiger partial charge >= 0.3 is 12.2 Å². The van der Waals surface area contributed by atoms with Gasteiger partial charge in [-0.15, -0.1) is 0 Å².